The first-order valence-corrected chi connectivity index (χ1v) is 11.8. The summed E-state index contributed by atoms with van der Waals surface area (Å²) in [5.41, 5.74) is 1.87. The molecule has 2 aliphatic heterocycles. The van der Waals surface area contributed by atoms with Crippen LogP contribution in [0.4, 0.5) is 11.4 Å². The zero-order valence-corrected chi connectivity index (χ0v) is 19.3. The van der Waals surface area contributed by atoms with Gasteiger partial charge in [0.1, 0.15) is 11.5 Å². The third kappa shape index (κ3) is 5.36. The Kier molecular flexibility index (Phi) is 7.53. The van der Waals surface area contributed by atoms with Gasteiger partial charge in [0.2, 0.25) is 5.91 Å². The number of nitrogens with one attached hydrogen (secondary N) is 1. The van der Waals surface area contributed by atoms with Gasteiger partial charge in [0.15, 0.2) is 0 Å². The Morgan fingerprint density at radius 3 is 2.66 bits per heavy atom. The third-order valence-electron chi connectivity index (χ3n) is 6.62. The van der Waals surface area contributed by atoms with E-state index in [-0.39, 0.29) is 11.9 Å². The topological polar surface area (TPSA) is 54.0 Å². The quantitative estimate of drug-likeness (QED) is 0.553. The van der Waals surface area contributed by atoms with Gasteiger partial charge in [-0.05, 0) is 75.5 Å². The predicted molar refractivity (Wildman–Crippen MR) is 129 cm³/mol. The van der Waals surface area contributed by atoms with E-state index in [4.69, 9.17) is 9.47 Å². The molecule has 2 saturated heterocycles. The van der Waals surface area contributed by atoms with Gasteiger partial charge in [0.05, 0.1) is 25.4 Å². The second kappa shape index (κ2) is 10.7. The van der Waals surface area contributed by atoms with Crippen LogP contribution in [-0.2, 0) is 4.79 Å². The van der Waals surface area contributed by atoms with Crippen LogP contribution < -0.4 is 19.7 Å². The lowest BCUT2D eigenvalue weighted by molar-refractivity contribution is -0.117. The largest absolute Gasteiger partial charge is 0.495 e. The Labute approximate surface area is 191 Å². The highest BCUT2D eigenvalue weighted by Gasteiger charge is 2.32. The van der Waals surface area contributed by atoms with Crippen LogP contribution in [0.25, 0.3) is 0 Å². The lowest BCUT2D eigenvalue weighted by Gasteiger charge is -2.26. The number of ether oxygens (including phenoxy) is 2. The van der Waals surface area contributed by atoms with Crippen LogP contribution >= 0.6 is 0 Å². The predicted octanol–water partition coefficient (Wildman–Crippen LogP) is 4.56. The van der Waals surface area contributed by atoms with E-state index >= 15 is 0 Å². The molecule has 4 rings (SSSR count). The van der Waals surface area contributed by atoms with Crippen molar-refractivity contribution in [1.82, 2.24) is 4.90 Å². The van der Waals surface area contributed by atoms with Crippen LogP contribution in [0.3, 0.4) is 0 Å². The van der Waals surface area contributed by atoms with Crippen LogP contribution in [0, 0.1) is 0 Å². The average molecular weight is 438 g/mol. The highest BCUT2D eigenvalue weighted by atomic mass is 16.5. The van der Waals surface area contributed by atoms with Crippen LogP contribution in [0.5, 0.6) is 11.5 Å². The van der Waals surface area contributed by atoms with E-state index in [0.29, 0.717) is 19.0 Å². The maximum Gasteiger partial charge on any atom is 0.227 e. The smallest absolute Gasteiger partial charge is 0.227 e. The van der Waals surface area contributed by atoms with Crippen molar-refractivity contribution in [2.45, 2.75) is 51.1 Å². The van der Waals surface area contributed by atoms with Crippen LogP contribution in [-0.4, -0.2) is 56.2 Å². The van der Waals surface area contributed by atoms with E-state index in [1.165, 1.54) is 19.4 Å². The number of para-hydroxylation sites is 2. The van der Waals surface area contributed by atoms with Crippen LogP contribution in [0.2, 0.25) is 0 Å². The Bertz CT molecular complexity index is 886. The molecule has 1 N–H and O–H groups in total. The molecule has 2 unspecified atom stereocenters. The lowest BCUT2D eigenvalue weighted by Crippen LogP contribution is -2.37. The zero-order chi connectivity index (χ0) is 22.3. The number of hydrogen-bond acceptors (Lipinski definition) is 5. The molecule has 6 nitrogen and oxygen atoms in total. The number of carbonyl (C=O) groups is 1. The van der Waals surface area contributed by atoms with E-state index < -0.39 is 0 Å². The van der Waals surface area contributed by atoms with Gasteiger partial charge < -0.3 is 24.6 Å². The van der Waals surface area contributed by atoms with E-state index in [0.717, 1.165) is 48.9 Å². The summed E-state index contributed by atoms with van der Waals surface area (Å²) in [6.07, 6.45) is 5.08. The minimum absolute atomic E-state index is 0.113. The van der Waals surface area contributed by atoms with Gasteiger partial charge in [-0.25, -0.2) is 0 Å². The summed E-state index contributed by atoms with van der Waals surface area (Å²) in [6, 6.07) is 16.6. The Balaban J connectivity index is 1.29. The molecule has 0 bridgehead atoms. The van der Waals surface area contributed by atoms with E-state index in [1.807, 2.05) is 53.4 Å². The minimum atomic E-state index is 0.113. The van der Waals surface area contributed by atoms with Crippen molar-refractivity contribution in [3.05, 3.63) is 48.5 Å². The molecule has 0 spiro atoms. The Morgan fingerprint density at radius 1 is 1.09 bits per heavy atom. The molecule has 2 aromatic carbocycles. The molecule has 6 heteroatoms. The second-order valence-electron chi connectivity index (χ2n) is 8.76. The molecule has 0 saturated carbocycles. The highest BCUT2D eigenvalue weighted by Crippen LogP contribution is 2.30. The number of rotatable bonds is 10. The summed E-state index contributed by atoms with van der Waals surface area (Å²) in [7, 11) is 1.67. The highest BCUT2D eigenvalue weighted by molar-refractivity contribution is 5.96. The number of methoxy groups -OCH3 is 1. The third-order valence-corrected chi connectivity index (χ3v) is 6.62. The first-order valence-electron chi connectivity index (χ1n) is 11.8. The molecular weight excluding hydrogens is 402 g/mol. The Morgan fingerprint density at radius 2 is 1.91 bits per heavy atom. The SMILES string of the molecule is COc1ccccc1NCC1CCC(=O)N1c1ccc(OCCCN2CCCC2C)cc1. The number of anilines is 2. The fourth-order valence-corrected chi connectivity index (χ4v) is 4.80. The number of carbonyl (C=O) groups excluding carboxylic acids is 1. The summed E-state index contributed by atoms with van der Waals surface area (Å²) in [5.74, 6) is 1.84. The van der Waals surface area contributed by atoms with E-state index in [9.17, 15) is 4.79 Å². The second-order valence-corrected chi connectivity index (χ2v) is 8.76. The maximum atomic E-state index is 12.6. The van der Waals surface area contributed by atoms with Crippen LogP contribution in [0.1, 0.15) is 39.0 Å². The molecule has 172 valence electrons. The molecule has 0 radical (unpaired) electrons. The summed E-state index contributed by atoms with van der Waals surface area (Å²) in [6.45, 7) is 6.02. The summed E-state index contributed by atoms with van der Waals surface area (Å²) < 4.78 is 11.4. The summed E-state index contributed by atoms with van der Waals surface area (Å²) >= 11 is 0. The van der Waals surface area contributed by atoms with Crippen molar-refractivity contribution in [3.8, 4) is 11.5 Å². The molecule has 2 atom stereocenters. The first kappa shape index (κ1) is 22.5. The minimum Gasteiger partial charge on any atom is -0.495 e. The van der Waals surface area contributed by atoms with Crippen molar-refractivity contribution in [1.29, 1.82) is 0 Å². The van der Waals surface area contributed by atoms with Crippen molar-refractivity contribution in [2.75, 3.05) is 43.6 Å². The molecular formula is C26H35N3O3. The molecule has 1 amide bonds. The number of amides is 1. The van der Waals surface area contributed by atoms with Crippen molar-refractivity contribution < 1.29 is 14.3 Å². The van der Waals surface area contributed by atoms with Crippen molar-refractivity contribution in [3.63, 3.8) is 0 Å². The first-order chi connectivity index (χ1) is 15.7. The maximum absolute atomic E-state index is 12.6. The lowest BCUT2D eigenvalue weighted by atomic mass is 10.2. The number of hydrogen-bond donors (Lipinski definition) is 1. The van der Waals surface area contributed by atoms with Gasteiger partial charge in [-0.2, -0.15) is 0 Å². The van der Waals surface area contributed by atoms with Crippen molar-refractivity contribution >= 4 is 17.3 Å². The zero-order valence-electron chi connectivity index (χ0n) is 19.3. The Hall–Kier alpha value is -2.73. The summed E-state index contributed by atoms with van der Waals surface area (Å²) in [4.78, 5) is 17.1. The molecule has 32 heavy (non-hydrogen) atoms. The monoisotopic (exact) mass is 437 g/mol. The summed E-state index contributed by atoms with van der Waals surface area (Å²) in [5, 5.41) is 3.45. The fraction of sp³-hybridized carbons (Fsp3) is 0.500. The number of nitrogens with zero attached hydrogens (tertiary/aromatic N) is 2. The van der Waals surface area contributed by atoms with Gasteiger partial charge >= 0.3 is 0 Å². The van der Waals surface area contributed by atoms with E-state index in [2.05, 4.69) is 17.1 Å². The van der Waals surface area contributed by atoms with Crippen LogP contribution in [0.15, 0.2) is 48.5 Å². The fourth-order valence-electron chi connectivity index (χ4n) is 4.80. The van der Waals surface area contributed by atoms with Gasteiger partial charge in [-0.1, -0.05) is 12.1 Å². The number of likely N-dealkylation sites (tertiary alicyclic amines) is 1. The average Bonchev–Trinajstić information content (AvgIpc) is 3.40. The van der Waals surface area contributed by atoms with Crippen molar-refractivity contribution in [2.24, 2.45) is 0 Å². The van der Waals surface area contributed by atoms with Gasteiger partial charge in [-0.15, -0.1) is 0 Å². The molecule has 2 aliphatic rings. The normalized spacial score (nSPS) is 21.2. The number of benzene rings is 2. The van der Waals surface area contributed by atoms with Gasteiger partial charge in [0, 0.05) is 31.2 Å². The standard InChI is InChI=1S/C26H35N3O3/c1-20-7-5-16-28(20)17-6-18-32-23-13-10-21(11-14-23)29-22(12-15-26(29)30)19-27-24-8-3-4-9-25(24)31-2/h3-4,8-11,13-14,20,22,27H,5-7,12,15-19H2,1-2H3. The molecule has 2 aromatic rings. The molecule has 0 aromatic heterocycles. The van der Waals surface area contributed by atoms with E-state index in [1.54, 1.807) is 7.11 Å². The molecule has 2 heterocycles. The molecule has 0 aliphatic carbocycles. The van der Waals surface area contributed by atoms with Gasteiger partial charge in [0.25, 0.3) is 0 Å². The molecule has 2 fully saturated rings. The van der Waals surface area contributed by atoms with Gasteiger partial charge in [-0.3, -0.25) is 4.79 Å².